The average Bonchev–Trinajstić information content (AvgIpc) is 2.61. The molecule has 0 aliphatic carbocycles. The third-order valence-electron chi connectivity index (χ3n) is 1.46. The van der Waals surface area contributed by atoms with Crippen molar-refractivity contribution in [1.82, 2.24) is 9.97 Å². The molecule has 0 fully saturated rings. The smallest absolute Gasteiger partial charge is 0.214 e. The molecule has 2 rings (SSSR count). The molecule has 0 saturated heterocycles. The van der Waals surface area contributed by atoms with Gasteiger partial charge in [-0.05, 0) is 6.07 Å². The first-order chi connectivity index (χ1) is 6.40. The van der Waals surface area contributed by atoms with Crippen molar-refractivity contribution < 1.29 is 9.84 Å². The van der Waals surface area contributed by atoms with E-state index >= 15 is 0 Å². The molecule has 2 aromatic rings. The molecule has 1 N–H and O–H groups in total. The van der Waals surface area contributed by atoms with E-state index in [0.29, 0.717) is 5.88 Å². The largest absolute Gasteiger partial charge is 0.475 e. The minimum Gasteiger partial charge on any atom is -0.475 e. The Labute approximate surface area is 78.8 Å². The molecule has 0 aliphatic rings. The Morgan fingerprint density at radius 1 is 1.54 bits per heavy atom. The molecule has 67 valence electrons. The number of aromatic nitrogens is 2. The van der Waals surface area contributed by atoms with Crippen molar-refractivity contribution >= 4 is 21.7 Å². The number of hydrogen-bond acceptors (Lipinski definition) is 5. The molecule has 13 heavy (non-hydrogen) atoms. The standard InChI is InChI=1S/C8H7N2O2S/c11-3-4-12-7-2-1-6-8(10-7)13-5-9-6/h1-2,11H,3-4H2. The van der Waals surface area contributed by atoms with Gasteiger partial charge in [-0.15, -0.1) is 0 Å². The quantitative estimate of drug-likeness (QED) is 0.789. The summed E-state index contributed by atoms with van der Waals surface area (Å²) in [5, 5.41) is 8.53. The Kier molecular flexibility index (Phi) is 2.37. The summed E-state index contributed by atoms with van der Waals surface area (Å²) in [6.45, 7) is 0.259. The lowest BCUT2D eigenvalue weighted by atomic mass is 10.4. The SMILES string of the molecule is OCCOc1ccc2n[c]sc2n1. The van der Waals surface area contributed by atoms with Crippen LogP contribution < -0.4 is 4.74 Å². The summed E-state index contributed by atoms with van der Waals surface area (Å²) in [5.74, 6) is 0.513. The molecule has 2 aromatic heterocycles. The highest BCUT2D eigenvalue weighted by atomic mass is 32.1. The number of nitrogens with zero attached hydrogens (tertiary/aromatic N) is 2. The zero-order valence-corrected chi connectivity index (χ0v) is 7.54. The van der Waals surface area contributed by atoms with Crippen molar-refractivity contribution in [3.63, 3.8) is 0 Å². The zero-order chi connectivity index (χ0) is 9.10. The topological polar surface area (TPSA) is 55.2 Å². The second kappa shape index (κ2) is 3.68. The van der Waals surface area contributed by atoms with Crippen LogP contribution >= 0.6 is 11.3 Å². The number of aliphatic hydroxyl groups is 1. The van der Waals surface area contributed by atoms with E-state index < -0.39 is 0 Å². The van der Waals surface area contributed by atoms with E-state index in [1.165, 1.54) is 11.3 Å². The lowest BCUT2D eigenvalue weighted by molar-refractivity contribution is 0.197. The van der Waals surface area contributed by atoms with E-state index in [1.807, 2.05) is 6.07 Å². The number of rotatable bonds is 3. The van der Waals surface area contributed by atoms with Crippen molar-refractivity contribution in [2.24, 2.45) is 0 Å². The van der Waals surface area contributed by atoms with Gasteiger partial charge in [0.15, 0.2) is 5.51 Å². The fourth-order valence-electron chi connectivity index (χ4n) is 0.922. The van der Waals surface area contributed by atoms with Crippen LogP contribution in [0.25, 0.3) is 10.3 Å². The third-order valence-corrected chi connectivity index (χ3v) is 2.14. The zero-order valence-electron chi connectivity index (χ0n) is 6.73. The van der Waals surface area contributed by atoms with Gasteiger partial charge in [0.2, 0.25) is 5.88 Å². The van der Waals surface area contributed by atoms with Gasteiger partial charge >= 0.3 is 0 Å². The molecule has 0 unspecified atom stereocenters. The number of ether oxygens (including phenoxy) is 1. The number of thiazole rings is 1. The summed E-state index contributed by atoms with van der Waals surface area (Å²) in [6.07, 6.45) is 0. The molecule has 0 bridgehead atoms. The molecule has 1 radical (unpaired) electrons. The Morgan fingerprint density at radius 3 is 3.31 bits per heavy atom. The Bertz CT molecular complexity index is 402. The minimum atomic E-state index is -0.00542. The maximum absolute atomic E-state index is 8.53. The molecule has 0 amide bonds. The van der Waals surface area contributed by atoms with Crippen LogP contribution in [0.15, 0.2) is 12.1 Å². The van der Waals surface area contributed by atoms with Gasteiger partial charge in [-0.1, -0.05) is 11.3 Å². The summed E-state index contributed by atoms with van der Waals surface area (Å²) in [5.41, 5.74) is 3.57. The third kappa shape index (κ3) is 1.76. The van der Waals surface area contributed by atoms with Crippen molar-refractivity contribution in [3.05, 3.63) is 17.6 Å². The molecule has 0 aliphatic heterocycles. The monoisotopic (exact) mass is 195 g/mol. The van der Waals surface area contributed by atoms with E-state index in [2.05, 4.69) is 15.5 Å². The number of aliphatic hydroxyl groups excluding tert-OH is 1. The number of hydrogen-bond donors (Lipinski definition) is 1. The van der Waals surface area contributed by atoms with Crippen LogP contribution in [0.2, 0.25) is 0 Å². The van der Waals surface area contributed by atoms with Crippen LogP contribution in [0.3, 0.4) is 0 Å². The maximum Gasteiger partial charge on any atom is 0.214 e. The molecule has 2 heterocycles. The van der Waals surface area contributed by atoms with E-state index in [-0.39, 0.29) is 13.2 Å². The average molecular weight is 195 g/mol. The predicted molar refractivity (Wildman–Crippen MR) is 48.8 cm³/mol. The van der Waals surface area contributed by atoms with Gasteiger partial charge < -0.3 is 9.84 Å². The highest BCUT2D eigenvalue weighted by molar-refractivity contribution is 7.15. The fraction of sp³-hybridized carbons (Fsp3) is 0.250. The van der Waals surface area contributed by atoms with Gasteiger partial charge in [-0.2, -0.15) is 0 Å². The van der Waals surface area contributed by atoms with Crippen LogP contribution in [0.4, 0.5) is 0 Å². The van der Waals surface area contributed by atoms with Gasteiger partial charge in [0.1, 0.15) is 17.0 Å². The first kappa shape index (κ1) is 8.40. The van der Waals surface area contributed by atoms with Gasteiger partial charge in [-0.25, -0.2) is 9.97 Å². The molecule has 0 saturated carbocycles. The van der Waals surface area contributed by atoms with Crippen LogP contribution in [0.1, 0.15) is 0 Å². The molecule has 0 spiro atoms. The van der Waals surface area contributed by atoms with E-state index in [9.17, 15) is 0 Å². The van der Waals surface area contributed by atoms with Crippen molar-refractivity contribution in [2.45, 2.75) is 0 Å². The Hall–Kier alpha value is -1.20. The Balaban J connectivity index is 2.26. The molecular formula is C8H7N2O2S. The molecule has 4 nitrogen and oxygen atoms in total. The molecule has 5 heteroatoms. The van der Waals surface area contributed by atoms with Crippen molar-refractivity contribution in [2.75, 3.05) is 13.2 Å². The maximum atomic E-state index is 8.53. The van der Waals surface area contributed by atoms with E-state index in [1.54, 1.807) is 6.07 Å². The number of fused-ring (bicyclic) bond motifs is 1. The van der Waals surface area contributed by atoms with Crippen LogP contribution in [0, 0.1) is 5.51 Å². The summed E-state index contributed by atoms with van der Waals surface area (Å²) < 4.78 is 5.14. The minimum absolute atomic E-state index is 0.00542. The lowest BCUT2D eigenvalue weighted by Crippen LogP contribution is -2.02. The summed E-state index contributed by atoms with van der Waals surface area (Å²) in [6, 6.07) is 3.55. The second-order valence-electron chi connectivity index (χ2n) is 2.35. The van der Waals surface area contributed by atoms with Crippen molar-refractivity contribution in [3.8, 4) is 5.88 Å². The fourth-order valence-corrected chi connectivity index (χ4v) is 1.51. The van der Waals surface area contributed by atoms with Crippen LogP contribution in [0.5, 0.6) is 5.88 Å². The van der Waals surface area contributed by atoms with Crippen LogP contribution in [-0.4, -0.2) is 28.3 Å². The van der Waals surface area contributed by atoms with Crippen LogP contribution in [-0.2, 0) is 0 Å². The summed E-state index contributed by atoms with van der Waals surface area (Å²) >= 11 is 1.35. The predicted octanol–water partition coefficient (Wildman–Crippen LogP) is 0.863. The highest BCUT2D eigenvalue weighted by Gasteiger charge is 2.00. The molecule has 0 aromatic carbocycles. The first-order valence-electron chi connectivity index (χ1n) is 3.77. The van der Waals surface area contributed by atoms with Gasteiger partial charge in [0.05, 0.1) is 6.61 Å². The van der Waals surface area contributed by atoms with E-state index in [4.69, 9.17) is 9.84 Å². The van der Waals surface area contributed by atoms with Crippen molar-refractivity contribution in [1.29, 1.82) is 0 Å². The second-order valence-corrected chi connectivity index (χ2v) is 3.12. The van der Waals surface area contributed by atoms with Gasteiger partial charge in [-0.3, -0.25) is 0 Å². The molecular weight excluding hydrogens is 188 g/mol. The van der Waals surface area contributed by atoms with E-state index in [0.717, 1.165) is 10.3 Å². The summed E-state index contributed by atoms with van der Waals surface area (Å²) in [7, 11) is 0. The van der Waals surface area contributed by atoms with Gasteiger partial charge in [0.25, 0.3) is 0 Å². The first-order valence-corrected chi connectivity index (χ1v) is 4.59. The highest BCUT2D eigenvalue weighted by Crippen LogP contribution is 2.18. The van der Waals surface area contributed by atoms with Gasteiger partial charge in [0, 0.05) is 6.07 Å². The Morgan fingerprint density at radius 2 is 2.46 bits per heavy atom. The number of pyridine rings is 1. The lowest BCUT2D eigenvalue weighted by Gasteiger charge is -2.01. The molecule has 0 atom stereocenters. The summed E-state index contributed by atoms with van der Waals surface area (Å²) in [4.78, 5) is 8.93. The normalized spacial score (nSPS) is 10.5.